The molecule has 0 heterocycles. The van der Waals surface area contributed by atoms with Crippen LogP contribution < -0.4 is 0 Å². The van der Waals surface area contributed by atoms with E-state index < -0.39 is 8.32 Å². The monoisotopic (exact) mass is 234 g/mol. The van der Waals surface area contributed by atoms with E-state index in [1.807, 2.05) is 13.8 Å². The Labute approximate surface area is 93.3 Å². The van der Waals surface area contributed by atoms with E-state index >= 15 is 0 Å². The zero-order valence-electron chi connectivity index (χ0n) is 10.5. The molecule has 0 N–H and O–H groups in total. The SMILES string of the molecule is CCOC(OCC)=C(OC)O[Si](C)(C)C. The molecule has 0 aromatic heterocycles. The van der Waals surface area contributed by atoms with Crippen molar-refractivity contribution in [1.29, 1.82) is 0 Å². The van der Waals surface area contributed by atoms with Gasteiger partial charge in [0.1, 0.15) is 0 Å². The van der Waals surface area contributed by atoms with Crippen LogP contribution in [0.25, 0.3) is 0 Å². The molecule has 0 radical (unpaired) electrons. The zero-order valence-corrected chi connectivity index (χ0v) is 11.5. The summed E-state index contributed by atoms with van der Waals surface area (Å²) in [4.78, 5) is 0. The molecule has 0 unspecified atom stereocenters. The maximum atomic E-state index is 5.70. The fourth-order valence-electron chi connectivity index (χ4n) is 0.866. The maximum absolute atomic E-state index is 5.70. The van der Waals surface area contributed by atoms with Gasteiger partial charge in [-0.2, -0.15) is 0 Å². The summed E-state index contributed by atoms with van der Waals surface area (Å²) in [6, 6.07) is 0. The molecular weight excluding hydrogens is 212 g/mol. The van der Waals surface area contributed by atoms with Crippen molar-refractivity contribution in [2.75, 3.05) is 20.3 Å². The molecule has 15 heavy (non-hydrogen) atoms. The molecule has 0 aliphatic carbocycles. The second-order valence-electron chi connectivity index (χ2n) is 3.86. The molecule has 0 rings (SSSR count). The largest absolute Gasteiger partial charge is 0.515 e. The van der Waals surface area contributed by atoms with Crippen molar-refractivity contribution < 1.29 is 18.6 Å². The van der Waals surface area contributed by atoms with Gasteiger partial charge in [0.05, 0.1) is 20.3 Å². The maximum Gasteiger partial charge on any atom is 0.362 e. The Morgan fingerprint density at radius 1 is 0.933 bits per heavy atom. The minimum Gasteiger partial charge on any atom is -0.515 e. The summed E-state index contributed by atoms with van der Waals surface area (Å²) in [5.41, 5.74) is 0. The predicted octanol–water partition coefficient (Wildman–Crippen LogP) is 2.68. The Bertz CT molecular complexity index is 200. The minimum absolute atomic E-state index is 0.338. The van der Waals surface area contributed by atoms with Gasteiger partial charge in [0.15, 0.2) is 0 Å². The lowest BCUT2D eigenvalue weighted by Crippen LogP contribution is -2.26. The van der Waals surface area contributed by atoms with Crippen molar-refractivity contribution in [3.05, 3.63) is 11.9 Å². The molecule has 0 spiro atoms. The zero-order chi connectivity index (χ0) is 11.9. The number of rotatable bonds is 7. The second kappa shape index (κ2) is 6.61. The van der Waals surface area contributed by atoms with Crippen LogP contribution in [-0.2, 0) is 18.6 Å². The topological polar surface area (TPSA) is 36.9 Å². The smallest absolute Gasteiger partial charge is 0.362 e. The average molecular weight is 234 g/mol. The third-order valence-electron chi connectivity index (χ3n) is 1.30. The van der Waals surface area contributed by atoms with Gasteiger partial charge in [-0.05, 0) is 33.5 Å². The van der Waals surface area contributed by atoms with Crippen LogP contribution in [0.3, 0.4) is 0 Å². The van der Waals surface area contributed by atoms with Gasteiger partial charge in [0.25, 0.3) is 0 Å². The van der Waals surface area contributed by atoms with Crippen molar-refractivity contribution in [2.45, 2.75) is 33.5 Å². The van der Waals surface area contributed by atoms with Crippen LogP contribution in [0.4, 0.5) is 0 Å². The molecule has 0 amide bonds. The highest BCUT2D eigenvalue weighted by molar-refractivity contribution is 6.69. The van der Waals surface area contributed by atoms with Gasteiger partial charge < -0.3 is 18.6 Å². The second-order valence-corrected chi connectivity index (χ2v) is 8.29. The fourth-order valence-corrected chi connectivity index (χ4v) is 1.59. The van der Waals surface area contributed by atoms with Crippen LogP contribution in [0.2, 0.25) is 19.6 Å². The summed E-state index contributed by atoms with van der Waals surface area (Å²) >= 11 is 0. The summed E-state index contributed by atoms with van der Waals surface area (Å²) in [6.45, 7) is 11.0. The van der Waals surface area contributed by atoms with E-state index in [1.165, 1.54) is 0 Å². The summed E-state index contributed by atoms with van der Waals surface area (Å²) in [6.07, 6.45) is 0. The molecule has 0 aromatic carbocycles. The van der Waals surface area contributed by atoms with E-state index in [2.05, 4.69) is 19.6 Å². The quantitative estimate of drug-likeness (QED) is 0.501. The van der Waals surface area contributed by atoms with Crippen LogP contribution in [0.15, 0.2) is 11.9 Å². The molecule has 0 bridgehead atoms. The van der Waals surface area contributed by atoms with Gasteiger partial charge in [-0.25, -0.2) is 0 Å². The summed E-state index contributed by atoms with van der Waals surface area (Å²) < 4.78 is 21.5. The highest BCUT2D eigenvalue weighted by atomic mass is 28.4. The highest BCUT2D eigenvalue weighted by Crippen LogP contribution is 2.16. The van der Waals surface area contributed by atoms with Crippen LogP contribution in [0.1, 0.15) is 13.8 Å². The van der Waals surface area contributed by atoms with E-state index in [-0.39, 0.29) is 0 Å². The van der Waals surface area contributed by atoms with Gasteiger partial charge in [-0.1, -0.05) is 0 Å². The fraction of sp³-hybridized carbons (Fsp3) is 0.800. The third kappa shape index (κ3) is 6.27. The molecule has 5 heteroatoms. The first-order chi connectivity index (χ1) is 6.94. The van der Waals surface area contributed by atoms with E-state index in [1.54, 1.807) is 7.11 Å². The normalized spacial score (nSPS) is 10.5. The molecule has 0 atom stereocenters. The van der Waals surface area contributed by atoms with E-state index in [4.69, 9.17) is 18.6 Å². The molecule has 0 aliphatic rings. The first-order valence-corrected chi connectivity index (χ1v) is 8.58. The average Bonchev–Trinajstić information content (AvgIpc) is 2.12. The van der Waals surface area contributed by atoms with Gasteiger partial charge in [0.2, 0.25) is 8.32 Å². The van der Waals surface area contributed by atoms with Gasteiger partial charge in [-0.3, -0.25) is 0 Å². The van der Waals surface area contributed by atoms with Crippen LogP contribution in [-0.4, -0.2) is 28.6 Å². The Balaban J connectivity index is 4.70. The standard InChI is InChI=1S/C10H22O4Si/c1-7-12-10(13-8-2)9(11-3)14-15(4,5)6/h7-8H2,1-6H3. The summed E-state index contributed by atoms with van der Waals surface area (Å²) in [5.74, 6) is 0.683. The lowest BCUT2D eigenvalue weighted by Gasteiger charge is -2.22. The van der Waals surface area contributed by atoms with Crippen molar-refractivity contribution in [3.8, 4) is 0 Å². The molecule has 4 nitrogen and oxygen atoms in total. The number of methoxy groups -OCH3 is 1. The van der Waals surface area contributed by atoms with E-state index in [9.17, 15) is 0 Å². The van der Waals surface area contributed by atoms with E-state index in [0.29, 0.717) is 25.1 Å². The van der Waals surface area contributed by atoms with Crippen molar-refractivity contribution in [2.24, 2.45) is 0 Å². The molecule has 90 valence electrons. The number of ether oxygens (including phenoxy) is 3. The van der Waals surface area contributed by atoms with E-state index in [0.717, 1.165) is 0 Å². The third-order valence-corrected chi connectivity index (χ3v) is 2.10. The molecule has 0 fully saturated rings. The lowest BCUT2D eigenvalue weighted by molar-refractivity contribution is -0.00241. The summed E-state index contributed by atoms with van der Waals surface area (Å²) in [5, 5.41) is 0. The first kappa shape index (κ1) is 14.2. The first-order valence-electron chi connectivity index (χ1n) is 5.17. The van der Waals surface area contributed by atoms with Crippen molar-refractivity contribution in [3.63, 3.8) is 0 Å². The Hall–Kier alpha value is -0.843. The van der Waals surface area contributed by atoms with Crippen molar-refractivity contribution >= 4 is 8.32 Å². The van der Waals surface area contributed by atoms with Crippen LogP contribution in [0, 0.1) is 0 Å². The highest BCUT2D eigenvalue weighted by Gasteiger charge is 2.22. The molecule has 0 saturated heterocycles. The Morgan fingerprint density at radius 3 is 1.67 bits per heavy atom. The van der Waals surface area contributed by atoms with Gasteiger partial charge >= 0.3 is 11.9 Å². The lowest BCUT2D eigenvalue weighted by atomic mass is 10.8. The molecule has 0 aromatic rings. The molecule has 0 saturated carbocycles. The van der Waals surface area contributed by atoms with Crippen molar-refractivity contribution in [1.82, 2.24) is 0 Å². The Morgan fingerprint density at radius 2 is 1.40 bits per heavy atom. The summed E-state index contributed by atoms with van der Waals surface area (Å²) in [7, 11) is -0.156. The molecule has 0 aliphatic heterocycles. The van der Waals surface area contributed by atoms with Crippen LogP contribution in [0.5, 0.6) is 0 Å². The van der Waals surface area contributed by atoms with Gasteiger partial charge in [0, 0.05) is 0 Å². The number of hydrogen-bond donors (Lipinski definition) is 0. The Kier molecular flexibility index (Phi) is 6.23. The van der Waals surface area contributed by atoms with Crippen LogP contribution >= 0.6 is 0 Å². The number of hydrogen-bond acceptors (Lipinski definition) is 4. The minimum atomic E-state index is -1.70. The van der Waals surface area contributed by atoms with Gasteiger partial charge in [-0.15, -0.1) is 0 Å². The molecular formula is C10H22O4Si. The predicted molar refractivity (Wildman–Crippen MR) is 61.7 cm³/mol.